The van der Waals surface area contributed by atoms with Gasteiger partial charge in [-0.05, 0) is 116 Å². The van der Waals surface area contributed by atoms with E-state index in [2.05, 4.69) is 34.3 Å². The van der Waals surface area contributed by atoms with Crippen molar-refractivity contribution in [2.75, 3.05) is 13.2 Å². The van der Waals surface area contributed by atoms with Gasteiger partial charge in [-0.15, -0.1) is 0 Å². The molecule has 0 bridgehead atoms. The molecule has 5 rings (SSSR count). The number of carbonyl (C=O) groups excluding carboxylic acids is 1. The van der Waals surface area contributed by atoms with Gasteiger partial charge in [0.05, 0.1) is 18.6 Å². The van der Waals surface area contributed by atoms with E-state index in [1.54, 1.807) is 0 Å². The van der Waals surface area contributed by atoms with Gasteiger partial charge in [-0.25, -0.2) is 0 Å². The summed E-state index contributed by atoms with van der Waals surface area (Å²) in [5.74, 6) is 0.511. The number of rotatable bonds is 5. The molecule has 0 heterocycles. The molecule has 5 aliphatic rings. The highest BCUT2D eigenvalue weighted by Crippen LogP contribution is 2.77. The first kappa shape index (κ1) is 28.1. The van der Waals surface area contributed by atoms with Gasteiger partial charge in [-0.2, -0.15) is 0 Å². The molecule has 0 spiro atoms. The lowest BCUT2D eigenvalue weighted by atomic mass is 9.32. The first-order chi connectivity index (χ1) is 17.7. The number of fused-ring (bicyclic) bond motifs is 7. The number of ether oxygens (including phenoxy) is 1. The summed E-state index contributed by atoms with van der Waals surface area (Å²) >= 11 is 0. The number of aliphatic hydroxyl groups is 1. The Hall–Kier alpha value is -1.40. The summed E-state index contributed by atoms with van der Waals surface area (Å²) in [6, 6.07) is 0.0193. The summed E-state index contributed by atoms with van der Waals surface area (Å²) in [6.45, 7) is 15.8. The van der Waals surface area contributed by atoms with Crippen molar-refractivity contribution in [1.82, 2.24) is 0 Å². The Morgan fingerprint density at radius 3 is 2.26 bits per heavy atom. The van der Waals surface area contributed by atoms with Crippen LogP contribution >= 0.6 is 0 Å². The van der Waals surface area contributed by atoms with Gasteiger partial charge in [-0.3, -0.25) is 9.59 Å². The van der Waals surface area contributed by atoms with Gasteiger partial charge in [0, 0.05) is 18.4 Å². The Morgan fingerprint density at radius 1 is 0.921 bits per heavy atom. The minimum atomic E-state index is -0.683. The maximum absolute atomic E-state index is 12.9. The molecule has 5 fully saturated rings. The summed E-state index contributed by atoms with van der Waals surface area (Å²) in [6.07, 6.45) is 9.58. The number of nitrogens with two attached hydrogens (primary N) is 1. The minimum absolute atomic E-state index is 0.0193. The van der Waals surface area contributed by atoms with E-state index < -0.39 is 11.4 Å². The zero-order valence-corrected chi connectivity index (χ0v) is 24.4. The van der Waals surface area contributed by atoms with Crippen molar-refractivity contribution < 1.29 is 24.5 Å². The van der Waals surface area contributed by atoms with E-state index >= 15 is 0 Å². The predicted molar refractivity (Wildman–Crippen MR) is 147 cm³/mol. The van der Waals surface area contributed by atoms with Crippen molar-refractivity contribution in [3.05, 3.63) is 12.2 Å². The van der Waals surface area contributed by atoms with E-state index in [-0.39, 0.29) is 52.1 Å². The molecule has 5 aliphatic carbocycles. The zero-order valence-electron chi connectivity index (χ0n) is 24.4. The average molecular weight is 530 g/mol. The molecule has 6 nitrogen and oxygen atoms in total. The fraction of sp³-hybridized carbons (Fsp3) is 0.875. The molecule has 6 heteroatoms. The largest absolute Gasteiger partial charge is 0.481 e. The molecule has 5 saturated carbocycles. The summed E-state index contributed by atoms with van der Waals surface area (Å²) in [7, 11) is 0. The van der Waals surface area contributed by atoms with E-state index in [9.17, 15) is 19.8 Å². The molecule has 214 valence electrons. The van der Waals surface area contributed by atoms with Crippen LogP contribution in [0.4, 0.5) is 0 Å². The van der Waals surface area contributed by atoms with Crippen LogP contribution in [0.25, 0.3) is 0 Å². The molecule has 0 aromatic rings. The van der Waals surface area contributed by atoms with Crippen molar-refractivity contribution in [3.63, 3.8) is 0 Å². The first-order valence-electron chi connectivity index (χ1n) is 15.1. The predicted octanol–water partition coefficient (Wildman–Crippen LogP) is 5.57. The van der Waals surface area contributed by atoms with Crippen molar-refractivity contribution in [2.24, 2.45) is 62.4 Å². The number of hydrogen-bond acceptors (Lipinski definition) is 5. The van der Waals surface area contributed by atoms with E-state index in [1.165, 1.54) is 6.92 Å². The Morgan fingerprint density at radius 2 is 1.63 bits per heavy atom. The Balaban J connectivity index is 1.53. The lowest BCUT2D eigenvalue weighted by Gasteiger charge is -2.73. The quantitative estimate of drug-likeness (QED) is 0.317. The van der Waals surface area contributed by atoms with Crippen LogP contribution in [0.15, 0.2) is 12.2 Å². The summed E-state index contributed by atoms with van der Waals surface area (Å²) < 4.78 is 5.64. The third-order valence-electron chi connectivity index (χ3n) is 14.1. The van der Waals surface area contributed by atoms with Crippen LogP contribution in [0.1, 0.15) is 98.8 Å². The van der Waals surface area contributed by atoms with Gasteiger partial charge in [0.25, 0.3) is 0 Å². The van der Waals surface area contributed by atoms with Crippen LogP contribution in [-0.4, -0.2) is 41.4 Å². The number of aliphatic hydroxyl groups excluding tert-OH is 1. The van der Waals surface area contributed by atoms with Crippen molar-refractivity contribution in [1.29, 1.82) is 0 Å². The molecule has 1 unspecified atom stereocenters. The van der Waals surface area contributed by atoms with Crippen molar-refractivity contribution in [3.8, 4) is 0 Å². The van der Waals surface area contributed by atoms with Gasteiger partial charge in [0.1, 0.15) is 0 Å². The van der Waals surface area contributed by atoms with Gasteiger partial charge >= 0.3 is 11.9 Å². The van der Waals surface area contributed by atoms with Crippen molar-refractivity contribution in [2.45, 2.75) is 105 Å². The topological polar surface area (TPSA) is 110 Å². The molecular formula is C32H51NO5. The molecular weight excluding hydrogens is 478 g/mol. The molecule has 38 heavy (non-hydrogen) atoms. The molecule has 11 atom stereocenters. The van der Waals surface area contributed by atoms with E-state index in [4.69, 9.17) is 10.5 Å². The fourth-order valence-corrected chi connectivity index (χ4v) is 11.9. The van der Waals surface area contributed by atoms with Crippen LogP contribution in [0.5, 0.6) is 0 Å². The molecule has 0 aromatic heterocycles. The van der Waals surface area contributed by atoms with Gasteiger partial charge < -0.3 is 20.7 Å². The molecule has 0 saturated heterocycles. The third-order valence-corrected chi connectivity index (χ3v) is 14.1. The van der Waals surface area contributed by atoms with Crippen LogP contribution in [0.3, 0.4) is 0 Å². The van der Waals surface area contributed by atoms with Crippen LogP contribution in [0.2, 0.25) is 0 Å². The fourth-order valence-electron chi connectivity index (χ4n) is 11.9. The number of hydrogen-bond donors (Lipinski definition) is 3. The maximum atomic E-state index is 12.9. The highest BCUT2D eigenvalue weighted by molar-refractivity contribution is 5.76. The maximum Gasteiger partial charge on any atom is 0.309 e. The molecule has 4 N–H and O–H groups in total. The second-order valence-corrected chi connectivity index (χ2v) is 15.0. The normalized spacial score (nSPS) is 51.7. The van der Waals surface area contributed by atoms with Gasteiger partial charge in [-0.1, -0.05) is 34.3 Å². The molecule has 0 aliphatic heterocycles. The highest BCUT2D eigenvalue weighted by Gasteiger charge is 2.72. The second kappa shape index (κ2) is 9.06. The Labute approximate surface area is 229 Å². The van der Waals surface area contributed by atoms with E-state index in [1.807, 2.05) is 0 Å². The summed E-state index contributed by atoms with van der Waals surface area (Å²) in [4.78, 5) is 24.7. The molecule has 0 aromatic carbocycles. The van der Waals surface area contributed by atoms with Gasteiger partial charge in [0.15, 0.2) is 0 Å². The smallest absolute Gasteiger partial charge is 0.309 e. The molecule has 0 amide bonds. The number of carboxylic acids is 1. The second-order valence-electron chi connectivity index (χ2n) is 15.0. The van der Waals surface area contributed by atoms with Crippen LogP contribution in [-0.2, 0) is 14.3 Å². The number of carboxylic acid groups (broad SMARTS) is 1. The molecule has 0 radical (unpaired) electrons. The lowest BCUT2D eigenvalue weighted by molar-refractivity contribution is -0.244. The Bertz CT molecular complexity index is 1010. The van der Waals surface area contributed by atoms with Crippen LogP contribution in [0, 0.1) is 56.7 Å². The zero-order chi connectivity index (χ0) is 27.9. The average Bonchev–Trinajstić information content (AvgIpc) is 3.26. The van der Waals surface area contributed by atoms with E-state index in [0.717, 1.165) is 63.4 Å². The third kappa shape index (κ3) is 3.50. The van der Waals surface area contributed by atoms with Crippen LogP contribution < -0.4 is 5.73 Å². The number of esters is 1. The summed E-state index contributed by atoms with van der Waals surface area (Å²) in [5.41, 5.74) is 6.93. The SMILES string of the molecule is C=C(CO)[C@@H]1CC[C@]2(C(=O)O)CC[C@]3(C)[C@H](CC[C@@H]4[C@@]5(C)CCC(N)[C@@](C)(COC(C)=O)[C@@H]5CC[C@]43C)[C@@H]12. The first-order valence-corrected chi connectivity index (χ1v) is 15.1. The monoisotopic (exact) mass is 529 g/mol. The highest BCUT2D eigenvalue weighted by atomic mass is 16.5. The summed E-state index contributed by atoms with van der Waals surface area (Å²) in [5, 5.41) is 20.6. The standard InChI is InChI=1S/C32H51NO5/c1-19(17-34)21-9-14-32(27(36)37)16-15-30(5)22(26(21)32)7-8-24-28(3)12-11-25(33)29(4,18-38-20(2)35)23(28)10-13-31(24,30)6/h21-26,34H,1,7-18,33H2,2-6H3,(H,36,37)/t21-,22+,23+,24+,25?,26+,28-,29-,30+,31+,32-/m0/s1. The number of aliphatic carboxylic acids is 1. The Kier molecular flexibility index (Phi) is 6.71. The van der Waals surface area contributed by atoms with E-state index in [0.29, 0.717) is 30.8 Å². The minimum Gasteiger partial charge on any atom is -0.481 e. The van der Waals surface area contributed by atoms with Crippen molar-refractivity contribution >= 4 is 11.9 Å². The van der Waals surface area contributed by atoms with Gasteiger partial charge in [0.2, 0.25) is 0 Å². The number of carbonyl (C=O) groups is 2. The lowest BCUT2D eigenvalue weighted by Crippen LogP contribution is -2.68.